The van der Waals surface area contributed by atoms with Gasteiger partial charge in [0, 0.05) is 37.5 Å². The molecule has 0 bridgehead atoms. The molecule has 2 N–H and O–H groups in total. The zero-order valence-corrected chi connectivity index (χ0v) is 12.9. The second-order valence-corrected chi connectivity index (χ2v) is 5.30. The summed E-state index contributed by atoms with van der Waals surface area (Å²) in [7, 11) is 0. The molecule has 1 aliphatic heterocycles. The predicted molar refractivity (Wildman–Crippen MR) is 82.2 cm³/mol. The molecule has 24 heavy (non-hydrogen) atoms. The van der Waals surface area contributed by atoms with Gasteiger partial charge < -0.3 is 19.9 Å². The molecule has 130 valence electrons. The normalized spacial score (nSPS) is 16.8. The summed E-state index contributed by atoms with van der Waals surface area (Å²) in [5.41, 5.74) is -0.810. The molecule has 9 nitrogen and oxygen atoms in total. The van der Waals surface area contributed by atoms with Crippen LogP contribution in [0, 0.1) is 10.1 Å². The number of carbonyl (C=O) groups excluding carboxylic acids is 1. The lowest BCUT2D eigenvalue weighted by molar-refractivity contribution is -0.384. The molecule has 0 radical (unpaired) electrons. The minimum Gasteiger partial charge on any atom is -0.478 e. The van der Waals surface area contributed by atoms with Gasteiger partial charge in [0.1, 0.15) is 0 Å². The Bertz CT molecular complexity index is 594. The Balaban J connectivity index is 1.86. The highest BCUT2D eigenvalue weighted by atomic mass is 16.6. The van der Waals surface area contributed by atoms with Gasteiger partial charge in [-0.05, 0) is 18.9 Å². The van der Waals surface area contributed by atoms with Crippen LogP contribution in [0.1, 0.15) is 33.6 Å². The summed E-state index contributed by atoms with van der Waals surface area (Å²) in [6, 6.07) is 3.07. The molecular formula is C15H18N2O7. The second kappa shape index (κ2) is 8.37. The second-order valence-electron chi connectivity index (χ2n) is 5.30. The first-order valence-electron chi connectivity index (χ1n) is 7.47. The molecule has 1 atom stereocenters. The van der Waals surface area contributed by atoms with Gasteiger partial charge in [-0.3, -0.25) is 14.9 Å². The number of aromatic carboxylic acids is 1. The largest absolute Gasteiger partial charge is 0.478 e. The van der Waals surface area contributed by atoms with E-state index in [4.69, 9.17) is 14.6 Å². The molecule has 1 aromatic rings. The van der Waals surface area contributed by atoms with Gasteiger partial charge in [0.15, 0.2) is 0 Å². The lowest BCUT2D eigenvalue weighted by Gasteiger charge is -2.10. The zero-order valence-electron chi connectivity index (χ0n) is 12.9. The number of carbonyl (C=O) groups is 2. The maximum Gasteiger partial charge on any atom is 0.335 e. The van der Waals surface area contributed by atoms with Crippen molar-refractivity contribution in [3.8, 4) is 0 Å². The number of carboxylic acid groups (broad SMARTS) is 1. The number of non-ortho nitro benzene ring substituents is 1. The average molecular weight is 338 g/mol. The summed E-state index contributed by atoms with van der Waals surface area (Å²) in [6.07, 6.45) is 1.52. The third kappa shape index (κ3) is 5.00. The Morgan fingerprint density at radius 1 is 1.38 bits per heavy atom. The first-order valence-corrected chi connectivity index (χ1v) is 7.47. The Kier molecular flexibility index (Phi) is 6.21. The van der Waals surface area contributed by atoms with Crippen LogP contribution >= 0.6 is 0 Å². The number of benzene rings is 1. The molecule has 1 fully saturated rings. The van der Waals surface area contributed by atoms with E-state index in [0.717, 1.165) is 24.6 Å². The predicted octanol–water partition coefficient (Wildman–Crippen LogP) is 1.22. The van der Waals surface area contributed by atoms with Crippen LogP contribution in [0.5, 0.6) is 0 Å². The molecule has 0 spiro atoms. The van der Waals surface area contributed by atoms with Crippen molar-refractivity contribution in [3.05, 3.63) is 39.4 Å². The number of carboxylic acids is 1. The van der Waals surface area contributed by atoms with Crippen LogP contribution in [0.25, 0.3) is 0 Å². The van der Waals surface area contributed by atoms with Crippen LogP contribution in [-0.4, -0.2) is 54.4 Å². The molecule has 1 saturated heterocycles. The van der Waals surface area contributed by atoms with Crippen molar-refractivity contribution < 1.29 is 29.1 Å². The van der Waals surface area contributed by atoms with E-state index in [9.17, 15) is 19.7 Å². The third-order valence-electron chi connectivity index (χ3n) is 3.49. The standard InChI is InChI=1S/C15H18N2O7/c18-14(16-3-1-4-24-13-2-5-23-9-13)10-6-11(15(19)20)8-12(7-10)17(21)22/h6-8,13H,1-5,9H2,(H,16,18)(H,19,20). The van der Waals surface area contributed by atoms with E-state index >= 15 is 0 Å². The SMILES string of the molecule is O=C(O)c1cc(C(=O)NCCCOC2CCOC2)cc([N+](=O)[O-])c1. The van der Waals surface area contributed by atoms with Gasteiger partial charge in [-0.15, -0.1) is 0 Å². The minimum atomic E-state index is -1.33. The maximum absolute atomic E-state index is 12.0. The van der Waals surface area contributed by atoms with Gasteiger partial charge in [0.2, 0.25) is 0 Å². The number of nitrogens with one attached hydrogen (secondary N) is 1. The van der Waals surface area contributed by atoms with Crippen LogP contribution in [0.2, 0.25) is 0 Å². The topological polar surface area (TPSA) is 128 Å². The summed E-state index contributed by atoms with van der Waals surface area (Å²) < 4.78 is 10.7. The molecule has 1 amide bonds. The fourth-order valence-corrected chi connectivity index (χ4v) is 2.24. The Morgan fingerprint density at radius 2 is 2.12 bits per heavy atom. The van der Waals surface area contributed by atoms with Gasteiger partial charge in [-0.25, -0.2) is 4.79 Å². The quantitative estimate of drug-likeness (QED) is 0.414. The van der Waals surface area contributed by atoms with Crippen LogP contribution in [0.4, 0.5) is 5.69 Å². The molecule has 2 rings (SSSR count). The summed E-state index contributed by atoms with van der Waals surface area (Å²) >= 11 is 0. The highest BCUT2D eigenvalue weighted by molar-refractivity contribution is 5.98. The number of hydrogen-bond donors (Lipinski definition) is 2. The highest BCUT2D eigenvalue weighted by Crippen LogP contribution is 2.17. The van der Waals surface area contributed by atoms with E-state index in [2.05, 4.69) is 5.32 Å². The summed E-state index contributed by atoms with van der Waals surface area (Å²) in [4.78, 5) is 33.1. The molecule has 0 saturated carbocycles. The fraction of sp³-hybridized carbons (Fsp3) is 0.467. The van der Waals surface area contributed by atoms with Crippen molar-refractivity contribution in [1.29, 1.82) is 0 Å². The van der Waals surface area contributed by atoms with Crippen LogP contribution in [0.15, 0.2) is 18.2 Å². The van der Waals surface area contributed by atoms with Gasteiger partial charge in [-0.1, -0.05) is 0 Å². The van der Waals surface area contributed by atoms with Crippen molar-refractivity contribution in [2.75, 3.05) is 26.4 Å². The summed E-state index contributed by atoms with van der Waals surface area (Å²) in [5, 5.41) is 22.4. The number of hydrogen-bond acceptors (Lipinski definition) is 6. The van der Waals surface area contributed by atoms with E-state index < -0.39 is 22.5 Å². The molecule has 1 heterocycles. The van der Waals surface area contributed by atoms with Crippen molar-refractivity contribution in [2.24, 2.45) is 0 Å². The fourth-order valence-electron chi connectivity index (χ4n) is 2.24. The van der Waals surface area contributed by atoms with Crippen LogP contribution in [-0.2, 0) is 9.47 Å². The number of nitro groups is 1. The van der Waals surface area contributed by atoms with E-state index in [1.165, 1.54) is 0 Å². The number of nitrogens with zero attached hydrogens (tertiary/aromatic N) is 1. The van der Waals surface area contributed by atoms with Crippen LogP contribution in [0.3, 0.4) is 0 Å². The maximum atomic E-state index is 12.0. The zero-order chi connectivity index (χ0) is 17.5. The van der Waals surface area contributed by atoms with Gasteiger partial charge in [-0.2, -0.15) is 0 Å². The third-order valence-corrected chi connectivity index (χ3v) is 3.49. The van der Waals surface area contributed by atoms with Crippen molar-refractivity contribution in [1.82, 2.24) is 5.32 Å². The van der Waals surface area contributed by atoms with E-state index in [1.807, 2.05) is 0 Å². The number of ether oxygens (including phenoxy) is 2. The summed E-state index contributed by atoms with van der Waals surface area (Å²) in [5.74, 6) is -1.90. The van der Waals surface area contributed by atoms with Crippen LogP contribution < -0.4 is 5.32 Å². The first-order chi connectivity index (χ1) is 11.5. The lowest BCUT2D eigenvalue weighted by atomic mass is 10.1. The monoisotopic (exact) mass is 338 g/mol. The van der Waals surface area contributed by atoms with Crippen molar-refractivity contribution >= 4 is 17.6 Å². The lowest BCUT2D eigenvalue weighted by Crippen LogP contribution is -2.26. The Morgan fingerprint density at radius 3 is 2.75 bits per heavy atom. The molecule has 1 aromatic carbocycles. The number of nitro benzene ring substituents is 1. The van der Waals surface area contributed by atoms with E-state index in [0.29, 0.717) is 32.8 Å². The smallest absolute Gasteiger partial charge is 0.335 e. The highest BCUT2D eigenvalue weighted by Gasteiger charge is 2.18. The summed E-state index contributed by atoms with van der Waals surface area (Å²) in [6.45, 7) is 2.05. The Labute approximate surface area is 137 Å². The van der Waals surface area contributed by atoms with Gasteiger partial charge >= 0.3 is 5.97 Å². The first kappa shape index (κ1) is 17.8. The van der Waals surface area contributed by atoms with Crippen molar-refractivity contribution in [3.63, 3.8) is 0 Å². The minimum absolute atomic E-state index is 0.0632. The number of rotatable bonds is 8. The molecule has 9 heteroatoms. The Hall–Kier alpha value is -2.52. The average Bonchev–Trinajstić information content (AvgIpc) is 3.07. The van der Waals surface area contributed by atoms with Gasteiger partial charge in [0.25, 0.3) is 11.6 Å². The molecule has 1 aliphatic rings. The van der Waals surface area contributed by atoms with E-state index in [-0.39, 0.29) is 17.2 Å². The van der Waals surface area contributed by atoms with E-state index in [1.54, 1.807) is 0 Å². The molecule has 1 unspecified atom stereocenters. The molecule has 0 aliphatic carbocycles. The van der Waals surface area contributed by atoms with Crippen molar-refractivity contribution in [2.45, 2.75) is 18.9 Å². The van der Waals surface area contributed by atoms with Gasteiger partial charge in [0.05, 0.1) is 23.2 Å². The molecular weight excluding hydrogens is 320 g/mol. The molecule has 0 aromatic heterocycles. The number of amides is 1.